The Hall–Kier alpha value is -1.26. The van der Waals surface area contributed by atoms with Crippen molar-refractivity contribution in [1.82, 2.24) is 9.80 Å². The van der Waals surface area contributed by atoms with Crippen LogP contribution in [-0.4, -0.2) is 53.1 Å². The van der Waals surface area contributed by atoms with Crippen molar-refractivity contribution >= 4 is 12.0 Å². The summed E-state index contributed by atoms with van der Waals surface area (Å²) in [5.74, 6) is 0.153. The summed E-state index contributed by atoms with van der Waals surface area (Å²) >= 11 is 0. The number of hydrogen-bond acceptors (Lipinski definition) is 3. The topological polar surface area (TPSA) is 49.9 Å². The number of nitrogens with zero attached hydrogens (tertiary/aromatic N) is 2. The molecule has 2 saturated heterocycles. The van der Waals surface area contributed by atoms with Crippen molar-refractivity contribution in [2.24, 2.45) is 5.92 Å². The van der Waals surface area contributed by atoms with Gasteiger partial charge in [0.05, 0.1) is 5.92 Å². The van der Waals surface area contributed by atoms with Gasteiger partial charge in [0, 0.05) is 25.7 Å². The number of hydrogen-bond donors (Lipinski definition) is 0. The first-order valence-corrected chi connectivity index (χ1v) is 8.06. The van der Waals surface area contributed by atoms with Gasteiger partial charge in [-0.1, -0.05) is 0 Å². The Morgan fingerprint density at radius 1 is 1.10 bits per heavy atom. The zero-order chi connectivity index (χ0) is 15.6. The molecule has 0 unspecified atom stereocenters. The van der Waals surface area contributed by atoms with Crippen LogP contribution < -0.4 is 0 Å². The number of carbonyl (C=O) groups is 2. The van der Waals surface area contributed by atoms with Gasteiger partial charge in [0.25, 0.3) is 0 Å². The SMILES string of the molecule is C[C@H]1CC[C@@H](C(=O)N2CCCC2)CN1C(=O)OC(C)(C)C. The minimum Gasteiger partial charge on any atom is -0.444 e. The van der Waals surface area contributed by atoms with E-state index in [1.807, 2.05) is 32.6 Å². The maximum absolute atomic E-state index is 12.5. The first-order valence-electron chi connectivity index (χ1n) is 8.06. The number of piperidine rings is 1. The molecule has 0 radical (unpaired) electrons. The Kier molecular flexibility index (Phi) is 4.79. The predicted molar refractivity (Wildman–Crippen MR) is 80.9 cm³/mol. The second-order valence-electron chi connectivity index (χ2n) is 7.29. The van der Waals surface area contributed by atoms with E-state index in [2.05, 4.69) is 0 Å². The Morgan fingerprint density at radius 3 is 2.29 bits per heavy atom. The minimum atomic E-state index is -0.497. The summed E-state index contributed by atoms with van der Waals surface area (Å²) in [6.07, 6.45) is 3.64. The lowest BCUT2D eigenvalue weighted by atomic mass is 9.92. The van der Waals surface area contributed by atoms with Gasteiger partial charge in [0.15, 0.2) is 0 Å². The van der Waals surface area contributed by atoms with Gasteiger partial charge in [0.1, 0.15) is 5.60 Å². The maximum Gasteiger partial charge on any atom is 0.410 e. The largest absolute Gasteiger partial charge is 0.444 e. The molecule has 0 aromatic carbocycles. The van der Waals surface area contributed by atoms with Gasteiger partial charge in [-0.2, -0.15) is 0 Å². The molecule has 2 heterocycles. The second-order valence-corrected chi connectivity index (χ2v) is 7.29. The summed E-state index contributed by atoms with van der Waals surface area (Å²) in [6, 6.07) is 0.141. The number of likely N-dealkylation sites (tertiary alicyclic amines) is 2. The molecule has 2 fully saturated rings. The fourth-order valence-corrected chi connectivity index (χ4v) is 3.08. The summed E-state index contributed by atoms with van der Waals surface area (Å²) in [6.45, 7) is 9.87. The van der Waals surface area contributed by atoms with E-state index in [4.69, 9.17) is 4.74 Å². The lowest BCUT2D eigenvalue weighted by Crippen LogP contribution is -2.51. The molecule has 2 aliphatic rings. The monoisotopic (exact) mass is 296 g/mol. The third-order valence-electron chi connectivity index (χ3n) is 4.28. The third-order valence-corrected chi connectivity index (χ3v) is 4.28. The lowest BCUT2D eigenvalue weighted by molar-refractivity contribution is -0.136. The third kappa shape index (κ3) is 4.11. The predicted octanol–water partition coefficient (Wildman–Crippen LogP) is 2.64. The highest BCUT2D eigenvalue weighted by Crippen LogP contribution is 2.26. The highest BCUT2D eigenvalue weighted by atomic mass is 16.6. The molecule has 21 heavy (non-hydrogen) atoms. The van der Waals surface area contributed by atoms with E-state index in [9.17, 15) is 9.59 Å². The average molecular weight is 296 g/mol. The molecule has 0 aromatic heterocycles. The highest BCUT2D eigenvalue weighted by Gasteiger charge is 2.36. The van der Waals surface area contributed by atoms with Crippen LogP contribution in [0.3, 0.4) is 0 Å². The minimum absolute atomic E-state index is 0.0631. The van der Waals surface area contributed by atoms with Crippen LogP contribution in [0.4, 0.5) is 4.79 Å². The number of rotatable bonds is 1. The van der Waals surface area contributed by atoms with Crippen molar-refractivity contribution < 1.29 is 14.3 Å². The highest BCUT2D eigenvalue weighted by molar-refractivity contribution is 5.80. The van der Waals surface area contributed by atoms with Crippen molar-refractivity contribution in [3.63, 3.8) is 0 Å². The van der Waals surface area contributed by atoms with E-state index >= 15 is 0 Å². The number of carbonyl (C=O) groups excluding carboxylic acids is 2. The summed E-state index contributed by atoms with van der Waals surface area (Å²) in [5, 5.41) is 0. The molecule has 0 saturated carbocycles. The van der Waals surface area contributed by atoms with Crippen LogP contribution in [0.15, 0.2) is 0 Å². The van der Waals surface area contributed by atoms with Gasteiger partial charge in [0.2, 0.25) is 5.91 Å². The summed E-state index contributed by atoms with van der Waals surface area (Å²) in [4.78, 5) is 28.5. The first kappa shape index (κ1) is 16.1. The molecule has 0 bridgehead atoms. The van der Waals surface area contributed by atoms with E-state index in [0.29, 0.717) is 6.54 Å². The van der Waals surface area contributed by atoms with Crippen LogP contribution >= 0.6 is 0 Å². The molecule has 0 N–H and O–H groups in total. The molecule has 0 aromatic rings. The molecule has 2 amide bonds. The van der Waals surface area contributed by atoms with Crippen molar-refractivity contribution in [3.8, 4) is 0 Å². The van der Waals surface area contributed by atoms with Gasteiger partial charge in [-0.05, 0) is 53.4 Å². The Labute approximate surface area is 127 Å². The molecule has 5 nitrogen and oxygen atoms in total. The molecule has 2 rings (SSSR count). The molecule has 0 spiro atoms. The van der Waals surface area contributed by atoms with Crippen molar-refractivity contribution in [1.29, 1.82) is 0 Å². The van der Waals surface area contributed by atoms with E-state index in [1.165, 1.54) is 0 Å². The van der Waals surface area contributed by atoms with Crippen LogP contribution in [0.1, 0.15) is 53.4 Å². The number of ether oxygens (including phenoxy) is 1. The van der Waals surface area contributed by atoms with E-state index in [-0.39, 0.29) is 24.0 Å². The van der Waals surface area contributed by atoms with Crippen molar-refractivity contribution in [3.05, 3.63) is 0 Å². The first-order chi connectivity index (χ1) is 9.78. The Bertz CT molecular complexity index is 397. The van der Waals surface area contributed by atoms with Crippen LogP contribution in [0.2, 0.25) is 0 Å². The lowest BCUT2D eigenvalue weighted by Gasteiger charge is -2.39. The summed E-state index contributed by atoms with van der Waals surface area (Å²) in [5.41, 5.74) is -0.497. The Morgan fingerprint density at radius 2 is 1.71 bits per heavy atom. The molecule has 2 aliphatic heterocycles. The average Bonchev–Trinajstić information content (AvgIpc) is 2.90. The molecular formula is C16H28N2O3. The zero-order valence-electron chi connectivity index (χ0n) is 13.7. The molecule has 0 aliphatic carbocycles. The van der Waals surface area contributed by atoms with Gasteiger partial charge >= 0.3 is 6.09 Å². The standard InChI is InChI=1S/C16H28N2O3/c1-12-7-8-13(14(19)17-9-5-6-10-17)11-18(12)15(20)21-16(2,3)4/h12-13H,5-11H2,1-4H3/t12-,13+/m0/s1. The second kappa shape index (κ2) is 6.24. The van der Waals surface area contributed by atoms with Crippen molar-refractivity contribution in [2.75, 3.05) is 19.6 Å². The quantitative estimate of drug-likeness (QED) is 0.747. The van der Waals surface area contributed by atoms with E-state index in [0.717, 1.165) is 38.8 Å². The fourth-order valence-electron chi connectivity index (χ4n) is 3.08. The van der Waals surface area contributed by atoms with Crippen LogP contribution in [0.5, 0.6) is 0 Å². The Balaban J connectivity index is 1.98. The fraction of sp³-hybridized carbons (Fsp3) is 0.875. The van der Waals surface area contributed by atoms with Crippen LogP contribution in [0, 0.1) is 5.92 Å². The zero-order valence-corrected chi connectivity index (χ0v) is 13.7. The molecule has 5 heteroatoms. The molecule has 120 valence electrons. The summed E-state index contributed by atoms with van der Waals surface area (Å²) in [7, 11) is 0. The van der Waals surface area contributed by atoms with Gasteiger partial charge < -0.3 is 14.5 Å². The smallest absolute Gasteiger partial charge is 0.410 e. The molecular weight excluding hydrogens is 268 g/mol. The van der Waals surface area contributed by atoms with Gasteiger partial charge in [-0.15, -0.1) is 0 Å². The number of amides is 2. The van der Waals surface area contributed by atoms with Crippen LogP contribution in [0.25, 0.3) is 0 Å². The van der Waals surface area contributed by atoms with Crippen molar-refractivity contribution in [2.45, 2.75) is 65.0 Å². The maximum atomic E-state index is 12.5. The summed E-state index contributed by atoms with van der Waals surface area (Å²) < 4.78 is 5.46. The van der Waals surface area contributed by atoms with E-state index < -0.39 is 5.60 Å². The van der Waals surface area contributed by atoms with Gasteiger partial charge in [-0.25, -0.2) is 4.79 Å². The van der Waals surface area contributed by atoms with Gasteiger partial charge in [-0.3, -0.25) is 4.79 Å². The van der Waals surface area contributed by atoms with E-state index in [1.54, 1.807) is 4.90 Å². The van der Waals surface area contributed by atoms with Crippen LogP contribution in [-0.2, 0) is 9.53 Å². The normalized spacial score (nSPS) is 26.9. The molecule has 2 atom stereocenters.